The number of nitrogens with zero attached hydrogens (tertiary/aromatic N) is 1. The summed E-state index contributed by atoms with van der Waals surface area (Å²) < 4.78 is 6.09. The van der Waals surface area contributed by atoms with E-state index in [4.69, 9.17) is 4.74 Å². The number of ether oxygens (including phenoxy) is 1. The molecule has 0 aliphatic rings. The quantitative estimate of drug-likeness (QED) is 0.644. The zero-order valence-electron chi connectivity index (χ0n) is 12.5. The molecule has 2 aromatic rings. The van der Waals surface area contributed by atoms with Crippen molar-refractivity contribution in [3.63, 3.8) is 0 Å². The molecule has 1 amide bonds. The van der Waals surface area contributed by atoms with Crippen LogP contribution in [-0.2, 0) is 11.3 Å². The molecule has 1 N–H and O–H groups in total. The average molecular weight is 371 g/mol. The fourth-order valence-corrected chi connectivity index (χ4v) is 2.37. The van der Waals surface area contributed by atoms with E-state index >= 15 is 0 Å². The second-order valence-electron chi connectivity index (χ2n) is 4.72. The highest BCUT2D eigenvalue weighted by molar-refractivity contribution is 9.10. The van der Waals surface area contributed by atoms with Crippen LogP contribution in [0.3, 0.4) is 0 Å². The number of benzene rings is 2. The first-order chi connectivity index (χ1) is 11.1. The summed E-state index contributed by atoms with van der Waals surface area (Å²) in [6.07, 6.45) is 1.52. The summed E-state index contributed by atoms with van der Waals surface area (Å²) >= 11 is 3.37. The van der Waals surface area contributed by atoms with Gasteiger partial charge in [-0.25, -0.2) is 0 Å². The molecule has 0 radical (unpaired) electrons. The number of nitriles is 1. The summed E-state index contributed by atoms with van der Waals surface area (Å²) in [5, 5.41) is 12.0. The van der Waals surface area contributed by atoms with Crippen molar-refractivity contribution in [2.75, 3.05) is 7.11 Å². The number of hydrogen-bond donors (Lipinski definition) is 1. The minimum absolute atomic E-state index is 0.0253. The normalized spacial score (nSPS) is 10.7. The molecule has 0 atom stereocenters. The molecule has 0 saturated carbocycles. The lowest BCUT2D eigenvalue weighted by molar-refractivity contribution is -0.117. The molecule has 2 aromatic carbocycles. The number of halogens is 1. The van der Waals surface area contributed by atoms with E-state index in [1.165, 1.54) is 6.08 Å². The Bertz CT molecular complexity index is 764. The van der Waals surface area contributed by atoms with Gasteiger partial charge in [-0.2, -0.15) is 5.26 Å². The predicted molar refractivity (Wildman–Crippen MR) is 92.6 cm³/mol. The van der Waals surface area contributed by atoms with Crippen molar-refractivity contribution in [1.29, 1.82) is 5.26 Å². The van der Waals surface area contributed by atoms with Crippen LogP contribution in [0.4, 0.5) is 0 Å². The molecule has 0 unspecified atom stereocenters. The second kappa shape index (κ2) is 8.16. The second-order valence-corrected chi connectivity index (χ2v) is 5.64. The highest BCUT2D eigenvalue weighted by atomic mass is 79.9. The van der Waals surface area contributed by atoms with E-state index in [0.717, 1.165) is 10.0 Å². The highest BCUT2D eigenvalue weighted by Gasteiger charge is 2.11. The molecular weight excluding hydrogens is 356 g/mol. The Morgan fingerprint density at radius 3 is 2.70 bits per heavy atom. The van der Waals surface area contributed by atoms with Gasteiger partial charge < -0.3 is 10.1 Å². The Morgan fingerprint density at radius 2 is 2.04 bits per heavy atom. The highest BCUT2D eigenvalue weighted by Crippen LogP contribution is 2.25. The van der Waals surface area contributed by atoms with Crippen LogP contribution in [0, 0.1) is 11.3 Å². The third-order valence-electron chi connectivity index (χ3n) is 3.15. The van der Waals surface area contributed by atoms with Crippen LogP contribution >= 0.6 is 15.9 Å². The maximum Gasteiger partial charge on any atom is 0.262 e. The van der Waals surface area contributed by atoms with Crippen LogP contribution in [-0.4, -0.2) is 13.0 Å². The molecule has 0 bridgehead atoms. The number of nitrogens with one attached hydrogen (secondary N) is 1. The van der Waals surface area contributed by atoms with Crippen molar-refractivity contribution in [3.8, 4) is 11.8 Å². The third-order valence-corrected chi connectivity index (χ3v) is 3.65. The Morgan fingerprint density at radius 1 is 1.30 bits per heavy atom. The van der Waals surface area contributed by atoms with Crippen LogP contribution in [0.5, 0.6) is 5.75 Å². The maximum absolute atomic E-state index is 12.2. The number of hydrogen-bond acceptors (Lipinski definition) is 3. The number of carbonyl (C=O) groups excluding carboxylic acids is 1. The van der Waals surface area contributed by atoms with Gasteiger partial charge in [0.2, 0.25) is 0 Å². The molecule has 23 heavy (non-hydrogen) atoms. The summed E-state index contributed by atoms with van der Waals surface area (Å²) in [5.41, 5.74) is 1.66. The Hall–Kier alpha value is -2.58. The fourth-order valence-electron chi connectivity index (χ4n) is 2.00. The molecule has 5 heteroatoms. The minimum Gasteiger partial charge on any atom is -0.496 e. The SMILES string of the molecule is COc1ccc(Br)cc1/C=C(/C#N)C(=O)NCc1ccccc1. The van der Waals surface area contributed by atoms with Crippen molar-refractivity contribution in [1.82, 2.24) is 5.32 Å². The monoisotopic (exact) mass is 370 g/mol. The standard InChI is InChI=1S/C18H15BrN2O2/c1-23-17-8-7-16(19)10-14(17)9-15(11-20)18(22)21-12-13-5-3-2-4-6-13/h2-10H,12H2,1H3,(H,21,22)/b15-9-. The van der Waals surface area contributed by atoms with E-state index in [2.05, 4.69) is 21.2 Å². The van der Waals surface area contributed by atoms with Crippen molar-refractivity contribution in [2.45, 2.75) is 6.54 Å². The van der Waals surface area contributed by atoms with E-state index < -0.39 is 5.91 Å². The molecule has 0 fully saturated rings. The van der Waals surface area contributed by atoms with Crippen LogP contribution in [0.1, 0.15) is 11.1 Å². The van der Waals surface area contributed by atoms with Gasteiger partial charge in [0.1, 0.15) is 17.4 Å². The van der Waals surface area contributed by atoms with Gasteiger partial charge in [-0.3, -0.25) is 4.79 Å². The van der Waals surface area contributed by atoms with Gasteiger partial charge in [0.15, 0.2) is 0 Å². The first-order valence-corrected chi connectivity index (χ1v) is 7.71. The molecule has 0 aliphatic heterocycles. The lowest BCUT2D eigenvalue weighted by Crippen LogP contribution is -2.23. The van der Waals surface area contributed by atoms with Crippen molar-refractivity contribution >= 4 is 27.9 Å². The van der Waals surface area contributed by atoms with Gasteiger partial charge in [0, 0.05) is 16.6 Å². The molecule has 0 heterocycles. The van der Waals surface area contributed by atoms with E-state index in [1.54, 1.807) is 19.2 Å². The van der Waals surface area contributed by atoms with Gasteiger partial charge in [0.05, 0.1) is 7.11 Å². The molecule has 0 saturated heterocycles. The fraction of sp³-hybridized carbons (Fsp3) is 0.111. The lowest BCUT2D eigenvalue weighted by atomic mass is 10.1. The molecule has 2 rings (SSSR count). The van der Waals surface area contributed by atoms with E-state index in [-0.39, 0.29) is 5.57 Å². The number of amides is 1. The summed E-state index contributed by atoms with van der Waals surface area (Å²) in [5.74, 6) is 0.176. The van der Waals surface area contributed by atoms with Crippen LogP contribution < -0.4 is 10.1 Å². The van der Waals surface area contributed by atoms with Gasteiger partial charge in [-0.1, -0.05) is 46.3 Å². The van der Waals surface area contributed by atoms with Gasteiger partial charge in [-0.15, -0.1) is 0 Å². The molecule has 0 aliphatic carbocycles. The summed E-state index contributed by atoms with van der Waals surface area (Å²) in [6.45, 7) is 0.369. The van der Waals surface area contributed by atoms with Crippen LogP contribution in [0.2, 0.25) is 0 Å². The third kappa shape index (κ3) is 4.70. The van der Waals surface area contributed by atoms with Crippen molar-refractivity contribution in [2.24, 2.45) is 0 Å². The van der Waals surface area contributed by atoms with E-state index in [9.17, 15) is 10.1 Å². The zero-order chi connectivity index (χ0) is 16.7. The first kappa shape index (κ1) is 16.8. The van der Waals surface area contributed by atoms with E-state index in [1.807, 2.05) is 42.5 Å². The predicted octanol–water partition coefficient (Wildman–Crippen LogP) is 3.68. The lowest BCUT2D eigenvalue weighted by Gasteiger charge is -2.07. The molecule has 0 aromatic heterocycles. The van der Waals surface area contributed by atoms with Gasteiger partial charge >= 0.3 is 0 Å². The van der Waals surface area contributed by atoms with Crippen molar-refractivity contribution in [3.05, 3.63) is 69.7 Å². The number of carbonyl (C=O) groups is 1. The summed E-state index contributed by atoms with van der Waals surface area (Å²) in [7, 11) is 1.54. The Kier molecular flexibility index (Phi) is 5.95. The molecular formula is C18H15BrN2O2. The summed E-state index contributed by atoms with van der Waals surface area (Å²) in [4.78, 5) is 12.2. The van der Waals surface area contributed by atoms with Gasteiger partial charge in [0.25, 0.3) is 5.91 Å². The van der Waals surface area contributed by atoms with E-state index in [0.29, 0.717) is 17.9 Å². The Balaban J connectivity index is 2.17. The zero-order valence-corrected chi connectivity index (χ0v) is 14.1. The molecule has 0 spiro atoms. The van der Waals surface area contributed by atoms with Crippen LogP contribution in [0.25, 0.3) is 6.08 Å². The summed E-state index contributed by atoms with van der Waals surface area (Å²) in [6, 6.07) is 16.9. The molecule has 4 nitrogen and oxygen atoms in total. The topological polar surface area (TPSA) is 62.1 Å². The van der Waals surface area contributed by atoms with Crippen molar-refractivity contribution < 1.29 is 9.53 Å². The Labute approximate surface area is 143 Å². The maximum atomic E-state index is 12.2. The first-order valence-electron chi connectivity index (χ1n) is 6.91. The molecule has 116 valence electrons. The largest absolute Gasteiger partial charge is 0.496 e. The smallest absolute Gasteiger partial charge is 0.262 e. The number of rotatable bonds is 5. The minimum atomic E-state index is -0.418. The number of methoxy groups -OCH3 is 1. The van der Waals surface area contributed by atoms with Gasteiger partial charge in [-0.05, 0) is 29.8 Å². The van der Waals surface area contributed by atoms with Crippen LogP contribution in [0.15, 0.2) is 58.6 Å². The average Bonchev–Trinajstić information content (AvgIpc) is 2.58.